The van der Waals surface area contributed by atoms with Crippen LogP contribution in [0, 0.1) is 17.4 Å². The number of hydrogen-bond acceptors (Lipinski definition) is 5. The topological polar surface area (TPSA) is 83.7 Å². The van der Waals surface area contributed by atoms with Gasteiger partial charge in [0, 0.05) is 29.7 Å². The minimum atomic E-state index is -3.69. The number of amides is 1. The van der Waals surface area contributed by atoms with Gasteiger partial charge in [-0.3, -0.25) is 4.79 Å². The molecule has 1 aromatic heterocycles. The van der Waals surface area contributed by atoms with Crippen LogP contribution >= 0.6 is 22.6 Å². The first-order valence-electron chi connectivity index (χ1n) is 8.29. The average Bonchev–Trinajstić information content (AvgIpc) is 2.81. The van der Waals surface area contributed by atoms with Gasteiger partial charge in [0.15, 0.2) is 5.76 Å². The van der Waals surface area contributed by atoms with Gasteiger partial charge in [-0.05, 0) is 55.0 Å². The molecule has 2 aromatic rings. The van der Waals surface area contributed by atoms with Gasteiger partial charge in [0.2, 0.25) is 10.0 Å². The Kier molecular flexibility index (Phi) is 5.68. The molecule has 0 bridgehead atoms. The van der Waals surface area contributed by atoms with Crippen molar-refractivity contribution in [2.75, 3.05) is 26.2 Å². The molecule has 0 saturated carbocycles. The molecule has 2 heterocycles. The summed E-state index contributed by atoms with van der Waals surface area (Å²) in [6, 6.07) is 7.41. The van der Waals surface area contributed by atoms with E-state index < -0.39 is 10.0 Å². The smallest absolute Gasteiger partial charge is 0.254 e. The molecule has 1 saturated heterocycles. The van der Waals surface area contributed by atoms with Crippen LogP contribution in [0.25, 0.3) is 0 Å². The van der Waals surface area contributed by atoms with Gasteiger partial charge in [0.1, 0.15) is 10.6 Å². The number of rotatable bonds is 3. The lowest BCUT2D eigenvalue weighted by molar-refractivity contribution is 0.0763. The number of sulfonamides is 1. The van der Waals surface area contributed by atoms with Crippen molar-refractivity contribution in [3.8, 4) is 0 Å². The van der Waals surface area contributed by atoms with Crippen molar-refractivity contribution in [2.24, 2.45) is 0 Å². The fraction of sp³-hybridized carbons (Fsp3) is 0.412. The molecule has 0 spiro atoms. The molecule has 1 fully saturated rings. The number of hydrogen-bond donors (Lipinski definition) is 0. The molecule has 140 valence electrons. The second-order valence-electron chi connectivity index (χ2n) is 6.18. The van der Waals surface area contributed by atoms with Crippen LogP contribution in [0.1, 0.15) is 28.2 Å². The van der Waals surface area contributed by atoms with Crippen molar-refractivity contribution in [1.29, 1.82) is 0 Å². The minimum Gasteiger partial charge on any atom is -0.360 e. The van der Waals surface area contributed by atoms with E-state index in [-0.39, 0.29) is 17.3 Å². The molecule has 0 aliphatic carbocycles. The summed E-state index contributed by atoms with van der Waals surface area (Å²) in [4.78, 5) is 14.7. The number of carbonyl (C=O) groups excluding carboxylic acids is 1. The first kappa shape index (κ1) is 19.3. The zero-order valence-corrected chi connectivity index (χ0v) is 17.6. The Balaban J connectivity index is 1.79. The van der Waals surface area contributed by atoms with Gasteiger partial charge in [0.05, 0.1) is 5.56 Å². The Bertz CT molecular complexity index is 906. The molecular weight excluding hydrogens is 469 g/mol. The highest BCUT2D eigenvalue weighted by atomic mass is 127. The summed E-state index contributed by atoms with van der Waals surface area (Å²) in [6.45, 7) is 4.71. The molecule has 7 nitrogen and oxygen atoms in total. The predicted molar refractivity (Wildman–Crippen MR) is 104 cm³/mol. The summed E-state index contributed by atoms with van der Waals surface area (Å²) in [5.41, 5.74) is 1.01. The van der Waals surface area contributed by atoms with Crippen LogP contribution in [0.2, 0.25) is 0 Å². The average molecular weight is 489 g/mol. The van der Waals surface area contributed by atoms with Gasteiger partial charge in [-0.15, -0.1) is 0 Å². The Hall–Kier alpha value is -1.46. The van der Waals surface area contributed by atoms with Crippen LogP contribution < -0.4 is 0 Å². The standard InChI is InChI=1S/C17H20IN3O4S/c1-12-16(13(2)25-19-12)26(23,24)21-9-5-8-20(10-11-21)17(22)14-6-3-4-7-15(14)18/h3-4,6-7H,5,8-11H2,1-2H3. The number of halogens is 1. The van der Waals surface area contributed by atoms with Gasteiger partial charge < -0.3 is 9.42 Å². The molecule has 26 heavy (non-hydrogen) atoms. The first-order valence-corrected chi connectivity index (χ1v) is 10.8. The minimum absolute atomic E-state index is 0.0633. The van der Waals surface area contributed by atoms with Crippen molar-refractivity contribution >= 4 is 38.5 Å². The maximum atomic E-state index is 13.0. The monoisotopic (exact) mass is 489 g/mol. The summed E-state index contributed by atoms with van der Waals surface area (Å²) in [5.74, 6) is 0.227. The number of aromatic nitrogens is 1. The van der Waals surface area contributed by atoms with Crippen molar-refractivity contribution < 1.29 is 17.7 Å². The van der Waals surface area contributed by atoms with E-state index in [9.17, 15) is 13.2 Å². The highest BCUT2D eigenvalue weighted by Gasteiger charge is 2.33. The lowest BCUT2D eigenvalue weighted by atomic mass is 10.2. The van der Waals surface area contributed by atoms with Crippen LogP contribution in [0.5, 0.6) is 0 Å². The van der Waals surface area contributed by atoms with Crippen LogP contribution in [0.3, 0.4) is 0 Å². The first-order chi connectivity index (χ1) is 12.3. The lowest BCUT2D eigenvalue weighted by Crippen LogP contribution is -2.37. The molecular formula is C17H20IN3O4S. The molecule has 0 atom stereocenters. The fourth-order valence-electron chi connectivity index (χ4n) is 3.11. The van der Waals surface area contributed by atoms with Gasteiger partial charge in [-0.25, -0.2) is 8.42 Å². The summed E-state index contributed by atoms with van der Waals surface area (Å²) in [5, 5.41) is 3.75. The van der Waals surface area contributed by atoms with Crippen LogP contribution in [-0.2, 0) is 10.0 Å². The third kappa shape index (κ3) is 3.65. The predicted octanol–water partition coefficient (Wildman–Crippen LogP) is 2.43. The van der Waals surface area contributed by atoms with E-state index in [4.69, 9.17) is 4.52 Å². The third-order valence-corrected chi connectivity index (χ3v) is 7.50. The van der Waals surface area contributed by atoms with Gasteiger partial charge in [-0.2, -0.15) is 4.31 Å². The zero-order valence-electron chi connectivity index (χ0n) is 14.6. The molecule has 0 radical (unpaired) electrons. The largest absolute Gasteiger partial charge is 0.360 e. The summed E-state index contributed by atoms with van der Waals surface area (Å²) in [6.07, 6.45) is 0.581. The van der Waals surface area contributed by atoms with Crippen molar-refractivity contribution in [3.05, 3.63) is 44.9 Å². The Morgan fingerprint density at radius 2 is 1.88 bits per heavy atom. The maximum absolute atomic E-state index is 13.0. The second-order valence-corrected chi connectivity index (χ2v) is 9.22. The summed E-state index contributed by atoms with van der Waals surface area (Å²) < 4.78 is 33.3. The summed E-state index contributed by atoms with van der Waals surface area (Å²) >= 11 is 2.14. The van der Waals surface area contributed by atoms with E-state index in [2.05, 4.69) is 27.7 Å². The van der Waals surface area contributed by atoms with Crippen molar-refractivity contribution in [3.63, 3.8) is 0 Å². The van der Waals surface area contributed by atoms with E-state index in [1.807, 2.05) is 18.2 Å². The van der Waals surface area contributed by atoms with Gasteiger partial charge in [-0.1, -0.05) is 17.3 Å². The quantitative estimate of drug-likeness (QED) is 0.619. The third-order valence-electron chi connectivity index (χ3n) is 4.41. The SMILES string of the molecule is Cc1noc(C)c1S(=O)(=O)N1CCCN(C(=O)c2ccccc2I)CC1. The molecule has 1 aliphatic rings. The Morgan fingerprint density at radius 1 is 1.15 bits per heavy atom. The Morgan fingerprint density at radius 3 is 2.54 bits per heavy atom. The molecule has 3 rings (SSSR count). The molecule has 1 aliphatic heterocycles. The molecule has 0 N–H and O–H groups in total. The summed E-state index contributed by atoms with van der Waals surface area (Å²) in [7, 11) is -3.69. The molecule has 1 amide bonds. The molecule has 1 aromatic carbocycles. The van der Waals surface area contributed by atoms with Gasteiger partial charge in [0.25, 0.3) is 5.91 Å². The zero-order chi connectivity index (χ0) is 18.9. The van der Waals surface area contributed by atoms with Crippen molar-refractivity contribution in [2.45, 2.75) is 25.2 Å². The normalized spacial score (nSPS) is 16.5. The van der Waals surface area contributed by atoms with E-state index in [1.165, 1.54) is 4.31 Å². The lowest BCUT2D eigenvalue weighted by Gasteiger charge is -2.22. The number of benzene rings is 1. The van der Waals surface area contributed by atoms with E-state index in [0.29, 0.717) is 43.1 Å². The van der Waals surface area contributed by atoms with Crippen LogP contribution in [0.4, 0.5) is 0 Å². The maximum Gasteiger partial charge on any atom is 0.254 e. The van der Waals surface area contributed by atoms with Crippen LogP contribution in [0.15, 0.2) is 33.7 Å². The fourth-order valence-corrected chi connectivity index (χ4v) is 5.49. The Labute approximate surface area is 166 Å². The molecule has 9 heteroatoms. The van der Waals surface area contributed by atoms with Crippen LogP contribution in [-0.4, -0.2) is 54.9 Å². The highest BCUT2D eigenvalue weighted by molar-refractivity contribution is 14.1. The van der Waals surface area contributed by atoms with E-state index in [1.54, 1.807) is 24.8 Å². The van der Waals surface area contributed by atoms with E-state index in [0.717, 1.165) is 3.57 Å². The number of aryl methyl sites for hydroxylation is 2. The molecule has 0 unspecified atom stereocenters. The van der Waals surface area contributed by atoms with E-state index >= 15 is 0 Å². The van der Waals surface area contributed by atoms with Gasteiger partial charge >= 0.3 is 0 Å². The number of carbonyl (C=O) groups is 1. The van der Waals surface area contributed by atoms with Crippen molar-refractivity contribution in [1.82, 2.24) is 14.4 Å². The number of nitrogens with zero attached hydrogens (tertiary/aromatic N) is 3. The second kappa shape index (κ2) is 7.65. The highest BCUT2D eigenvalue weighted by Crippen LogP contribution is 2.24.